The molecule has 0 heterocycles. The second-order valence-electron chi connectivity index (χ2n) is 5.54. The molecule has 0 saturated carbocycles. The summed E-state index contributed by atoms with van der Waals surface area (Å²) in [6.45, 7) is 10.4. The molecule has 0 aliphatic carbocycles. The summed E-state index contributed by atoms with van der Waals surface area (Å²) < 4.78 is 0. The van der Waals surface area contributed by atoms with Crippen molar-refractivity contribution in [3.63, 3.8) is 0 Å². The molecule has 1 aromatic carbocycles. The Labute approximate surface area is 117 Å². The molecule has 3 nitrogen and oxygen atoms in total. The van der Waals surface area contributed by atoms with Crippen molar-refractivity contribution < 1.29 is 4.79 Å². The number of aryl methyl sites for hydroxylation is 2. The van der Waals surface area contributed by atoms with Crippen LogP contribution in [0.25, 0.3) is 0 Å². The van der Waals surface area contributed by atoms with Crippen LogP contribution in [0.2, 0.25) is 0 Å². The first-order chi connectivity index (χ1) is 8.84. The van der Waals surface area contributed by atoms with Gasteiger partial charge in [0.25, 0.3) is 0 Å². The number of ketones is 1. The van der Waals surface area contributed by atoms with Crippen LogP contribution in [0.4, 0.5) is 0 Å². The van der Waals surface area contributed by atoms with E-state index in [4.69, 9.17) is 0 Å². The van der Waals surface area contributed by atoms with Gasteiger partial charge < -0.3 is 10.2 Å². The Morgan fingerprint density at radius 1 is 1.11 bits per heavy atom. The highest BCUT2D eigenvalue weighted by atomic mass is 16.1. The highest BCUT2D eigenvalue weighted by Crippen LogP contribution is 2.21. The number of likely N-dealkylation sites (N-methyl/N-ethyl adjacent to an activating group) is 1. The van der Waals surface area contributed by atoms with Gasteiger partial charge in [-0.05, 0) is 64.0 Å². The first-order valence-electron chi connectivity index (χ1n) is 6.80. The molecule has 0 amide bonds. The number of nitrogens with one attached hydrogen (secondary N) is 1. The van der Waals surface area contributed by atoms with Crippen molar-refractivity contribution in [2.75, 3.05) is 33.7 Å². The first-order valence-corrected chi connectivity index (χ1v) is 6.80. The van der Waals surface area contributed by atoms with E-state index in [-0.39, 0.29) is 5.78 Å². The van der Waals surface area contributed by atoms with Crippen LogP contribution in [-0.4, -0.2) is 44.4 Å². The molecule has 0 atom stereocenters. The maximum absolute atomic E-state index is 12.4. The molecule has 0 aliphatic heterocycles. The molecular formula is C16H26N2O. The van der Waals surface area contributed by atoms with Crippen molar-refractivity contribution in [2.24, 2.45) is 0 Å². The van der Waals surface area contributed by atoms with Gasteiger partial charge in [0.1, 0.15) is 0 Å². The number of hydrogen-bond acceptors (Lipinski definition) is 3. The summed E-state index contributed by atoms with van der Waals surface area (Å²) in [7, 11) is 4.06. The van der Waals surface area contributed by atoms with Crippen LogP contribution < -0.4 is 5.32 Å². The van der Waals surface area contributed by atoms with Crippen molar-refractivity contribution in [3.05, 3.63) is 33.9 Å². The topological polar surface area (TPSA) is 32.3 Å². The number of hydrogen-bond donors (Lipinski definition) is 1. The van der Waals surface area contributed by atoms with Crippen molar-refractivity contribution in [1.29, 1.82) is 0 Å². The van der Waals surface area contributed by atoms with Crippen molar-refractivity contribution >= 4 is 5.78 Å². The molecule has 1 N–H and O–H groups in total. The van der Waals surface area contributed by atoms with Gasteiger partial charge in [-0.25, -0.2) is 0 Å². The molecule has 0 fully saturated rings. The molecule has 3 heteroatoms. The highest BCUT2D eigenvalue weighted by Gasteiger charge is 2.15. The maximum atomic E-state index is 12.4. The quantitative estimate of drug-likeness (QED) is 0.630. The molecule has 0 aromatic heterocycles. The minimum absolute atomic E-state index is 0.195. The smallest absolute Gasteiger partial charge is 0.177 e. The molecule has 1 aromatic rings. The van der Waals surface area contributed by atoms with E-state index in [1.54, 1.807) is 0 Å². The van der Waals surface area contributed by atoms with E-state index in [0.29, 0.717) is 6.54 Å². The fourth-order valence-electron chi connectivity index (χ4n) is 2.23. The van der Waals surface area contributed by atoms with Crippen LogP contribution in [0.3, 0.4) is 0 Å². The third kappa shape index (κ3) is 4.15. The maximum Gasteiger partial charge on any atom is 0.177 e. The lowest BCUT2D eigenvalue weighted by molar-refractivity contribution is 0.0989. The van der Waals surface area contributed by atoms with Gasteiger partial charge in [0.2, 0.25) is 0 Å². The third-order valence-electron chi connectivity index (χ3n) is 3.67. The lowest BCUT2D eigenvalue weighted by Gasteiger charge is -2.15. The molecular weight excluding hydrogens is 236 g/mol. The number of rotatable bonds is 6. The molecule has 0 unspecified atom stereocenters. The summed E-state index contributed by atoms with van der Waals surface area (Å²) in [6.07, 6.45) is 0. The monoisotopic (exact) mass is 262 g/mol. The molecule has 0 bridgehead atoms. The highest BCUT2D eigenvalue weighted by molar-refractivity contribution is 6.00. The van der Waals surface area contributed by atoms with Crippen LogP contribution >= 0.6 is 0 Å². The standard InChI is InChI=1S/C16H26N2O/c1-11-9-12(2)14(4)16(13(11)3)15(19)10-17-7-8-18(5)6/h9,17H,7-8,10H2,1-6H3. The van der Waals surface area contributed by atoms with E-state index in [1.807, 2.05) is 27.9 Å². The van der Waals surface area contributed by atoms with Crippen LogP contribution in [0.5, 0.6) is 0 Å². The Balaban J connectivity index is 2.77. The van der Waals surface area contributed by atoms with E-state index >= 15 is 0 Å². The Morgan fingerprint density at radius 2 is 1.63 bits per heavy atom. The number of Topliss-reactive ketones (excluding diaryl/α,β-unsaturated/α-hetero) is 1. The van der Waals surface area contributed by atoms with Crippen molar-refractivity contribution in [1.82, 2.24) is 10.2 Å². The van der Waals surface area contributed by atoms with Crippen LogP contribution in [0, 0.1) is 27.7 Å². The zero-order valence-electron chi connectivity index (χ0n) is 13.1. The zero-order valence-corrected chi connectivity index (χ0v) is 13.1. The fourth-order valence-corrected chi connectivity index (χ4v) is 2.23. The van der Waals surface area contributed by atoms with Gasteiger partial charge >= 0.3 is 0 Å². The largest absolute Gasteiger partial charge is 0.308 e. The number of carbonyl (C=O) groups excluding carboxylic acids is 1. The lowest BCUT2D eigenvalue weighted by Crippen LogP contribution is -2.31. The molecule has 0 spiro atoms. The van der Waals surface area contributed by atoms with Gasteiger partial charge in [-0.15, -0.1) is 0 Å². The molecule has 0 aliphatic rings. The molecule has 0 radical (unpaired) electrons. The predicted octanol–water partition coefficient (Wildman–Crippen LogP) is 2.25. The summed E-state index contributed by atoms with van der Waals surface area (Å²) in [5.41, 5.74) is 5.51. The fraction of sp³-hybridized carbons (Fsp3) is 0.562. The van der Waals surface area contributed by atoms with Gasteiger partial charge in [0.15, 0.2) is 5.78 Å². The van der Waals surface area contributed by atoms with Gasteiger partial charge in [0.05, 0.1) is 6.54 Å². The molecule has 1 rings (SSSR count). The number of nitrogens with zero attached hydrogens (tertiary/aromatic N) is 1. The second-order valence-corrected chi connectivity index (χ2v) is 5.54. The summed E-state index contributed by atoms with van der Waals surface area (Å²) in [4.78, 5) is 14.5. The van der Waals surface area contributed by atoms with Crippen LogP contribution in [0.1, 0.15) is 32.6 Å². The van der Waals surface area contributed by atoms with Gasteiger partial charge in [0, 0.05) is 18.7 Å². The lowest BCUT2D eigenvalue weighted by atomic mass is 9.92. The van der Waals surface area contributed by atoms with Crippen LogP contribution in [0.15, 0.2) is 6.07 Å². The van der Waals surface area contributed by atoms with Gasteiger partial charge in [-0.2, -0.15) is 0 Å². The molecule has 0 saturated heterocycles. The molecule has 19 heavy (non-hydrogen) atoms. The van der Waals surface area contributed by atoms with E-state index in [1.165, 1.54) is 11.1 Å². The third-order valence-corrected chi connectivity index (χ3v) is 3.67. The Kier molecular flexibility index (Phi) is 5.70. The van der Waals surface area contributed by atoms with Crippen molar-refractivity contribution in [2.45, 2.75) is 27.7 Å². The number of benzene rings is 1. The Bertz CT molecular complexity index is 438. The molecule has 106 valence electrons. The van der Waals surface area contributed by atoms with Crippen LogP contribution in [-0.2, 0) is 0 Å². The second kappa shape index (κ2) is 6.83. The van der Waals surface area contributed by atoms with Crippen molar-refractivity contribution in [3.8, 4) is 0 Å². The van der Waals surface area contributed by atoms with E-state index < -0.39 is 0 Å². The minimum atomic E-state index is 0.195. The zero-order chi connectivity index (χ0) is 14.6. The number of carbonyl (C=O) groups is 1. The summed E-state index contributed by atoms with van der Waals surface area (Å²) in [5.74, 6) is 0.195. The van der Waals surface area contributed by atoms with E-state index in [0.717, 1.165) is 29.8 Å². The Morgan fingerprint density at radius 3 is 2.11 bits per heavy atom. The minimum Gasteiger partial charge on any atom is -0.308 e. The SMILES string of the molecule is Cc1cc(C)c(C)c(C(=O)CNCCN(C)C)c1C. The Hall–Kier alpha value is -1.19. The normalized spacial score (nSPS) is 11.1. The van der Waals surface area contributed by atoms with Gasteiger partial charge in [-0.1, -0.05) is 6.07 Å². The van der Waals surface area contributed by atoms with E-state index in [2.05, 4.69) is 30.1 Å². The average Bonchev–Trinajstić information content (AvgIpc) is 2.32. The van der Waals surface area contributed by atoms with E-state index in [9.17, 15) is 4.79 Å². The summed E-state index contributed by atoms with van der Waals surface area (Å²) in [5, 5.41) is 3.22. The summed E-state index contributed by atoms with van der Waals surface area (Å²) in [6, 6.07) is 2.15. The van der Waals surface area contributed by atoms with Gasteiger partial charge in [-0.3, -0.25) is 4.79 Å². The first kappa shape index (κ1) is 15.9. The predicted molar refractivity (Wildman–Crippen MR) is 81.1 cm³/mol. The average molecular weight is 262 g/mol. The summed E-state index contributed by atoms with van der Waals surface area (Å²) >= 11 is 0.